The summed E-state index contributed by atoms with van der Waals surface area (Å²) in [7, 11) is 0. The van der Waals surface area contributed by atoms with Gasteiger partial charge in [-0.15, -0.1) is 12.4 Å². The molecule has 1 aromatic heterocycles. The average molecular weight is 252 g/mol. The molecular formula is C12H14ClN3O. The van der Waals surface area contributed by atoms with E-state index < -0.39 is 0 Å². The van der Waals surface area contributed by atoms with Gasteiger partial charge >= 0.3 is 0 Å². The van der Waals surface area contributed by atoms with Gasteiger partial charge in [0.1, 0.15) is 5.82 Å². The number of halogens is 1. The van der Waals surface area contributed by atoms with Crippen LogP contribution in [0, 0.1) is 5.92 Å². The van der Waals surface area contributed by atoms with E-state index >= 15 is 0 Å². The number of aromatic nitrogens is 2. The van der Waals surface area contributed by atoms with Gasteiger partial charge < -0.3 is 10.3 Å². The van der Waals surface area contributed by atoms with E-state index in [2.05, 4.69) is 15.3 Å². The third-order valence-corrected chi connectivity index (χ3v) is 3.01. The van der Waals surface area contributed by atoms with E-state index in [-0.39, 0.29) is 18.0 Å². The third kappa shape index (κ3) is 2.33. The maximum absolute atomic E-state index is 11.8. The van der Waals surface area contributed by atoms with Crippen molar-refractivity contribution in [2.75, 3.05) is 13.1 Å². The Morgan fingerprint density at radius 1 is 1.29 bits per heavy atom. The molecule has 3 rings (SSSR count). The van der Waals surface area contributed by atoms with Gasteiger partial charge in [0.25, 0.3) is 5.56 Å². The molecule has 0 saturated carbocycles. The lowest BCUT2D eigenvalue weighted by Gasteiger charge is -2.26. The summed E-state index contributed by atoms with van der Waals surface area (Å²) in [6, 6.07) is 7.45. The summed E-state index contributed by atoms with van der Waals surface area (Å²) in [5.41, 5.74) is 0.751. The predicted molar refractivity (Wildman–Crippen MR) is 69.7 cm³/mol. The molecule has 0 atom stereocenters. The second-order valence-electron chi connectivity index (χ2n) is 4.26. The van der Waals surface area contributed by atoms with Crippen LogP contribution in [-0.2, 0) is 6.42 Å². The molecule has 1 aliphatic heterocycles. The van der Waals surface area contributed by atoms with E-state index in [1.165, 1.54) is 0 Å². The first-order chi connectivity index (χ1) is 7.83. The van der Waals surface area contributed by atoms with Crippen molar-refractivity contribution in [3.8, 4) is 0 Å². The first-order valence-electron chi connectivity index (χ1n) is 5.51. The van der Waals surface area contributed by atoms with E-state index in [4.69, 9.17) is 0 Å². The van der Waals surface area contributed by atoms with Crippen LogP contribution in [-0.4, -0.2) is 23.1 Å². The van der Waals surface area contributed by atoms with Gasteiger partial charge in [0.15, 0.2) is 0 Å². The van der Waals surface area contributed by atoms with Crippen LogP contribution in [0.5, 0.6) is 0 Å². The largest absolute Gasteiger partial charge is 0.316 e. The van der Waals surface area contributed by atoms with E-state index in [0.29, 0.717) is 11.3 Å². The Morgan fingerprint density at radius 3 is 2.76 bits per heavy atom. The fourth-order valence-electron chi connectivity index (χ4n) is 2.00. The van der Waals surface area contributed by atoms with Crippen LogP contribution in [0.4, 0.5) is 0 Å². The van der Waals surface area contributed by atoms with Gasteiger partial charge in [-0.3, -0.25) is 4.79 Å². The highest BCUT2D eigenvalue weighted by molar-refractivity contribution is 5.85. The fourth-order valence-corrected chi connectivity index (χ4v) is 2.00. The van der Waals surface area contributed by atoms with Crippen molar-refractivity contribution >= 4 is 23.3 Å². The topological polar surface area (TPSA) is 57.8 Å². The molecule has 1 aromatic carbocycles. The molecule has 1 saturated heterocycles. The quantitative estimate of drug-likeness (QED) is 0.841. The smallest absolute Gasteiger partial charge is 0.258 e. The number of hydrogen-bond donors (Lipinski definition) is 2. The molecule has 0 aliphatic carbocycles. The molecule has 5 heteroatoms. The first kappa shape index (κ1) is 12.1. The Hall–Kier alpha value is -1.39. The number of rotatable bonds is 2. The summed E-state index contributed by atoms with van der Waals surface area (Å²) in [5.74, 6) is 1.42. The lowest BCUT2D eigenvalue weighted by Crippen LogP contribution is -2.43. The van der Waals surface area contributed by atoms with Crippen LogP contribution in [0.3, 0.4) is 0 Å². The van der Waals surface area contributed by atoms with Gasteiger partial charge in [0, 0.05) is 6.42 Å². The third-order valence-electron chi connectivity index (χ3n) is 3.01. The maximum atomic E-state index is 11.8. The maximum Gasteiger partial charge on any atom is 0.258 e. The highest BCUT2D eigenvalue weighted by Gasteiger charge is 2.18. The molecule has 0 spiro atoms. The molecule has 2 N–H and O–H groups in total. The first-order valence-corrected chi connectivity index (χ1v) is 5.51. The van der Waals surface area contributed by atoms with Crippen molar-refractivity contribution < 1.29 is 0 Å². The summed E-state index contributed by atoms with van der Waals surface area (Å²) < 4.78 is 0. The minimum absolute atomic E-state index is 0. The Morgan fingerprint density at radius 2 is 2.06 bits per heavy atom. The summed E-state index contributed by atoms with van der Waals surface area (Å²) >= 11 is 0. The molecule has 90 valence electrons. The number of aromatic amines is 1. The molecule has 0 amide bonds. The van der Waals surface area contributed by atoms with Crippen LogP contribution in [0.1, 0.15) is 5.82 Å². The zero-order chi connectivity index (χ0) is 11.0. The van der Waals surface area contributed by atoms with Gasteiger partial charge in [0.05, 0.1) is 10.9 Å². The normalized spacial score (nSPS) is 15.3. The lowest BCUT2D eigenvalue weighted by molar-refractivity contribution is 0.341. The molecule has 2 heterocycles. The Labute approximate surface area is 105 Å². The molecule has 0 radical (unpaired) electrons. The molecular weight excluding hydrogens is 238 g/mol. The average Bonchev–Trinajstić information content (AvgIpc) is 2.24. The Balaban J connectivity index is 0.00000108. The highest BCUT2D eigenvalue weighted by Crippen LogP contribution is 2.11. The van der Waals surface area contributed by atoms with Crippen molar-refractivity contribution in [2.45, 2.75) is 6.42 Å². The highest BCUT2D eigenvalue weighted by atomic mass is 35.5. The van der Waals surface area contributed by atoms with E-state index in [0.717, 1.165) is 30.9 Å². The van der Waals surface area contributed by atoms with Crippen LogP contribution in [0.25, 0.3) is 10.9 Å². The minimum Gasteiger partial charge on any atom is -0.316 e. The number of hydrogen-bond acceptors (Lipinski definition) is 3. The van der Waals surface area contributed by atoms with Crippen molar-refractivity contribution in [3.63, 3.8) is 0 Å². The summed E-state index contributed by atoms with van der Waals surface area (Å²) in [6.07, 6.45) is 0.854. The van der Waals surface area contributed by atoms with Crippen molar-refractivity contribution in [2.24, 2.45) is 5.92 Å². The summed E-state index contributed by atoms with van der Waals surface area (Å²) in [5, 5.41) is 3.88. The van der Waals surface area contributed by atoms with Gasteiger partial charge in [-0.25, -0.2) is 4.98 Å². The molecule has 1 fully saturated rings. The van der Waals surface area contributed by atoms with Crippen molar-refractivity contribution in [3.05, 3.63) is 40.4 Å². The van der Waals surface area contributed by atoms with Gasteiger partial charge in [-0.05, 0) is 31.1 Å². The monoisotopic (exact) mass is 251 g/mol. The Bertz CT molecular complexity index is 577. The lowest BCUT2D eigenvalue weighted by atomic mass is 9.99. The molecule has 0 bridgehead atoms. The number of nitrogens with zero attached hydrogens (tertiary/aromatic N) is 1. The number of benzene rings is 1. The van der Waals surface area contributed by atoms with Crippen molar-refractivity contribution in [1.29, 1.82) is 0 Å². The van der Waals surface area contributed by atoms with Gasteiger partial charge in [-0.1, -0.05) is 12.1 Å². The minimum atomic E-state index is -0.0344. The standard InChI is InChI=1S/C12H13N3O.ClH/c16-12-9-3-1-2-4-10(9)14-11(15-12)5-8-6-13-7-8;/h1-4,8,13H,5-7H2,(H,14,15,16);1H. The van der Waals surface area contributed by atoms with Gasteiger partial charge in [0.2, 0.25) is 0 Å². The second kappa shape index (κ2) is 4.85. The van der Waals surface area contributed by atoms with E-state index in [1.807, 2.05) is 18.2 Å². The molecule has 1 aliphatic rings. The molecule has 0 unspecified atom stereocenters. The second-order valence-corrected chi connectivity index (χ2v) is 4.26. The fraction of sp³-hybridized carbons (Fsp3) is 0.333. The number of para-hydroxylation sites is 1. The van der Waals surface area contributed by atoms with Crippen LogP contribution in [0.15, 0.2) is 29.1 Å². The van der Waals surface area contributed by atoms with Crippen LogP contribution in [0.2, 0.25) is 0 Å². The van der Waals surface area contributed by atoms with E-state index in [1.54, 1.807) is 6.07 Å². The summed E-state index contributed by atoms with van der Waals surface area (Å²) in [6.45, 7) is 2.05. The molecule has 2 aromatic rings. The SMILES string of the molecule is Cl.O=c1[nH]c(CC2CNC2)nc2ccccc12. The number of fused-ring (bicyclic) bond motifs is 1. The summed E-state index contributed by atoms with van der Waals surface area (Å²) in [4.78, 5) is 19.1. The predicted octanol–water partition coefficient (Wildman–Crippen LogP) is 1.11. The van der Waals surface area contributed by atoms with E-state index in [9.17, 15) is 4.79 Å². The zero-order valence-corrected chi connectivity index (χ0v) is 10.1. The molecule has 17 heavy (non-hydrogen) atoms. The van der Waals surface area contributed by atoms with Crippen molar-refractivity contribution in [1.82, 2.24) is 15.3 Å². The molecule has 4 nitrogen and oxygen atoms in total. The zero-order valence-electron chi connectivity index (χ0n) is 9.27. The van der Waals surface area contributed by atoms with Crippen LogP contribution < -0.4 is 10.9 Å². The van der Waals surface area contributed by atoms with Gasteiger partial charge in [-0.2, -0.15) is 0 Å². The number of H-pyrrole nitrogens is 1. The number of nitrogens with one attached hydrogen (secondary N) is 2. The Kier molecular flexibility index (Phi) is 3.45. The van der Waals surface area contributed by atoms with Crippen LogP contribution >= 0.6 is 12.4 Å².